The van der Waals surface area contributed by atoms with Crippen LogP contribution in [0.15, 0.2) is 43.0 Å². The van der Waals surface area contributed by atoms with Crippen LogP contribution in [0.1, 0.15) is 12.0 Å². The molecule has 8 heteroatoms. The van der Waals surface area contributed by atoms with Crippen molar-refractivity contribution in [1.29, 1.82) is 0 Å². The zero-order valence-corrected chi connectivity index (χ0v) is 14.1. The number of amides is 1. The Morgan fingerprint density at radius 3 is 2.38 bits per heavy atom. The fraction of sp³-hybridized carbons (Fsp3) is 0.333. The fourth-order valence-corrected chi connectivity index (χ4v) is 2.31. The summed E-state index contributed by atoms with van der Waals surface area (Å²) in [5.41, 5.74) is -2.77. The van der Waals surface area contributed by atoms with E-state index in [0.717, 1.165) is 13.2 Å². The Morgan fingerprint density at radius 2 is 1.92 bits per heavy atom. The number of carbonyl (C=O) groups is 2. The maximum atomic E-state index is 13.8. The average Bonchev–Trinajstić information content (AvgIpc) is 2.61. The van der Waals surface area contributed by atoms with E-state index in [2.05, 4.69) is 11.3 Å². The second-order valence-corrected chi connectivity index (χ2v) is 5.17. The molecule has 0 bridgehead atoms. The second kappa shape index (κ2) is 8.94. The summed E-state index contributed by atoms with van der Waals surface area (Å²) in [6.07, 6.45) is -1.53. The minimum atomic E-state index is -5.17. The van der Waals surface area contributed by atoms with Crippen LogP contribution < -0.4 is 0 Å². The molecule has 0 aromatic heterocycles. The molecule has 0 radical (unpaired) electrons. The van der Waals surface area contributed by atoms with Crippen LogP contribution in [0.4, 0.5) is 18.0 Å². The molecule has 26 heavy (non-hydrogen) atoms. The molecule has 1 unspecified atom stereocenters. The summed E-state index contributed by atoms with van der Waals surface area (Å²) in [7, 11) is 0.787. The molecule has 0 aliphatic rings. The van der Waals surface area contributed by atoms with Gasteiger partial charge in [-0.2, -0.15) is 13.2 Å². The Labute approximate surface area is 149 Å². The summed E-state index contributed by atoms with van der Waals surface area (Å²) < 4.78 is 50.7. The van der Waals surface area contributed by atoms with Crippen LogP contribution in [0.3, 0.4) is 0 Å². The van der Waals surface area contributed by atoms with E-state index in [1.165, 1.54) is 0 Å². The minimum Gasteiger partial charge on any atom is -0.467 e. The lowest BCUT2D eigenvalue weighted by Crippen LogP contribution is -2.66. The topological polar surface area (TPSA) is 55.8 Å². The van der Waals surface area contributed by atoms with Crippen LogP contribution in [0.25, 0.3) is 0 Å². The molecular formula is C18H18F3NO4. The molecule has 0 saturated carbocycles. The van der Waals surface area contributed by atoms with Gasteiger partial charge in [-0.1, -0.05) is 42.3 Å². The van der Waals surface area contributed by atoms with Crippen molar-refractivity contribution in [3.05, 3.63) is 48.6 Å². The summed E-state index contributed by atoms with van der Waals surface area (Å²) in [5, 5.41) is 0. The molecule has 1 amide bonds. The number of hydrogen-bond donors (Lipinski definition) is 0. The van der Waals surface area contributed by atoms with E-state index in [9.17, 15) is 22.8 Å². The molecule has 5 nitrogen and oxygen atoms in total. The van der Waals surface area contributed by atoms with Crippen molar-refractivity contribution in [1.82, 2.24) is 4.90 Å². The number of rotatable bonds is 7. The summed E-state index contributed by atoms with van der Waals surface area (Å²) >= 11 is 0. The van der Waals surface area contributed by atoms with Crippen LogP contribution in [-0.2, 0) is 20.9 Å². The number of carbonyl (C=O) groups excluding carboxylic acids is 2. The normalized spacial score (nSPS) is 13.0. The third kappa shape index (κ3) is 4.36. The second-order valence-electron chi connectivity index (χ2n) is 5.17. The van der Waals surface area contributed by atoms with Crippen molar-refractivity contribution >= 4 is 12.1 Å². The van der Waals surface area contributed by atoms with E-state index in [-0.39, 0.29) is 11.5 Å². The number of nitrogens with zero attached hydrogens (tertiary/aromatic N) is 1. The zero-order valence-electron chi connectivity index (χ0n) is 14.1. The number of methoxy groups -OCH3 is 1. The van der Waals surface area contributed by atoms with Crippen molar-refractivity contribution < 1.29 is 32.2 Å². The SMILES string of the molecule is C#CCN(C(=O)OCc1ccccc1)C(CC=C)(C(=O)OC)C(F)(F)F. The van der Waals surface area contributed by atoms with Gasteiger partial charge in [0.05, 0.1) is 13.7 Å². The van der Waals surface area contributed by atoms with E-state index < -0.39 is 36.7 Å². The van der Waals surface area contributed by atoms with Crippen LogP contribution >= 0.6 is 0 Å². The van der Waals surface area contributed by atoms with Gasteiger partial charge in [-0.3, -0.25) is 4.90 Å². The van der Waals surface area contributed by atoms with Crippen molar-refractivity contribution in [2.45, 2.75) is 24.7 Å². The first-order valence-electron chi connectivity index (χ1n) is 7.42. The van der Waals surface area contributed by atoms with Gasteiger partial charge in [0, 0.05) is 6.42 Å². The van der Waals surface area contributed by atoms with Gasteiger partial charge in [0.25, 0.3) is 0 Å². The first kappa shape index (κ1) is 21.1. The Kier molecular flexibility index (Phi) is 7.26. The van der Waals surface area contributed by atoms with Crippen LogP contribution in [0, 0.1) is 12.3 Å². The molecule has 1 rings (SSSR count). The number of alkyl halides is 3. The molecule has 1 aromatic rings. The standard InChI is InChI=1S/C18H18F3NO4/c1-4-11-17(15(23)25-3,18(19,20)21)22(12-5-2)16(24)26-13-14-9-7-6-8-10-14/h2,4,6-10H,1,11-13H2,3H3. The minimum absolute atomic E-state index is 0.142. The lowest BCUT2D eigenvalue weighted by molar-refractivity contribution is -0.232. The highest BCUT2D eigenvalue weighted by Crippen LogP contribution is 2.40. The number of esters is 1. The Bertz CT molecular complexity index is 682. The summed E-state index contributed by atoms with van der Waals surface area (Å²) in [4.78, 5) is 24.6. The molecule has 0 saturated heterocycles. The van der Waals surface area contributed by atoms with Crippen LogP contribution in [0.5, 0.6) is 0 Å². The van der Waals surface area contributed by atoms with Gasteiger partial charge < -0.3 is 9.47 Å². The number of ether oxygens (including phenoxy) is 2. The van der Waals surface area contributed by atoms with Gasteiger partial charge in [-0.25, -0.2) is 9.59 Å². The molecule has 1 atom stereocenters. The van der Waals surface area contributed by atoms with E-state index in [1.807, 2.05) is 5.92 Å². The van der Waals surface area contributed by atoms with E-state index in [0.29, 0.717) is 5.56 Å². The predicted octanol–water partition coefficient (Wildman–Crippen LogP) is 3.31. The number of terminal acetylenes is 1. The van der Waals surface area contributed by atoms with Gasteiger partial charge in [0.15, 0.2) is 0 Å². The average molecular weight is 369 g/mol. The number of hydrogen-bond acceptors (Lipinski definition) is 4. The molecule has 0 heterocycles. The molecule has 0 fully saturated rings. The lowest BCUT2D eigenvalue weighted by atomic mass is 9.92. The first-order valence-corrected chi connectivity index (χ1v) is 7.42. The van der Waals surface area contributed by atoms with E-state index in [1.54, 1.807) is 30.3 Å². The zero-order chi connectivity index (χ0) is 19.8. The third-order valence-corrected chi connectivity index (χ3v) is 3.57. The largest absolute Gasteiger partial charge is 0.467 e. The fourth-order valence-electron chi connectivity index (χ4n) is 2.31. The highest BCUT2D eigenvalue weighted by Gasteiger charge is 2.66. The number of halogens is 3. The Balaban J connectivity index is 3.26. The predicted molar refractivity (Wildman–Crippen MR) is 87.8 cm³/mol. The smallest absolute Gasteiger partial charge is 0.423 e. The molecule has 0 N–H and O–H groups in total. The molecule has 1 aromatic carbocycles. The summed E-state index contributed by atoms with van der Waals surface area (Å²) in [5.74, 6) is 0.261. The monoisotopic (exact) mass is 369 g/mol. The van der Waals surface area contributed by atoms with Crippen molar-refractivity contribution in [3.8, 4) is 12.3 Å². The van der Waals surface area contributed by atoms with Crippen LogP contribution in [0.2, 0.25) is 0 Å². The van der Waals surface area contributed by atoms with Crippen molar-refractivity contribution in [3.63, 3.8) is 0 Å². The maximum absolute atomic E-state index is 13.8. The Hall–Kier alpha value is -2.95. The van der Waals surface area contributed by atoms with Gasteiger partial charge >= 0.3 is 18.2 Å². The first-order chi connectivity index (χ1) is 12.2. The molecule has 0 aliphatic heterocycles. The lowest BCUT2D eigenvalue weighted by Gasteiger charge is -2.40. The highest BCUT2D eigenvalue weighted by atomic mass is 19.4. The van der Waals surface area contributed by atoms with Gasteiger partial charge in [-0.05, 0) is 5.56 Å². The highest BCUT2D eigenvalue weighted by molar-refractivity contribution is 5.87. The quantitative estimate of drug-likeness (QED) is 0.420. The Morgan fingerprint density at radius 1 is 1.31 bits per heavy atom. The van der Waals surface area contributed by atoms with E-state index >= 15 is 0 Å². The maximum Gasteiger partial charge on any atom is 0.423 e. The van der Waals surface area contributed by atoms with Gasteiger partial charge in [0.2, 0.25) is 5.54 Å². The molecule has 140 valence electrons. The molecule has 0 spiro atoms. The third-order valence-electron chi connectivity index (χ3n) is 3.57. The van der Waals surface area contributed by atoms with E-state index in [4.69, 9.17) is 11.2 Å². The van der Waals surface area contributed by atoms with Crippen molar-refractivity contribution in [2.75, 3.05) is 13.7 Å². The van der Waals surface area contributed by atoms with Crippen LogP contribution in [-0.4, -0.2) is 42.3 Å². The van der Waals surface area contributed by atoms with Gasteiger partial charge in [-0.15, -0.1) is 13.0 Å². The number of benzene rings is 1. The van der Waals surface area contributed by atoms with Crippen molar-refractivity contribution in [2.24, 2.45) is 0 Å². The molecular weight excluding hydrogens is 351 g/mol. The van der Waals surface area contributed by atoms with Gasteiger partial charge in [0.1, 0.15) is 6.61 Å². The molecule has 0 aliphatic carbocycles. The summed E-state index contributed by atoms with van der Waals surface area (Å²) in [6.45, 7) is 2.14. The summed E-state index contributed by atoms with van der Waals surface area (Å²) in [6, 6.07) is 8.33.